The highest BCUT2D eigenvalue weighted by Gasteiger charge is 2.23. The van der Waals surface area contributed by atoms with E-state index in [0.29, 0.717) is 31.1 Å². The average Bonchev–Trinajstić information content (AvgIpc) is 2.61. The highest BCUT2D eigenvalue weighted by Crippen LogP contribution is 2.34. The van der Waals surface area contributed by atoms with Crippen molar-refractivity contribution in [2.75, 3.05) is 13.2 Å². The van der Waals surface area contributed by atoms with E-state index in [2.05, 4.69) is 5.32 Å². The molecule has 1 unspecified atom stereocenters. The summed E-state index contributed by atoms with van der Waals surface area (Å²) in [6.45, 7) is 5.18. The van der Waals surface area contributed by atoms with Crippen LogP contribution in [0.3, 0.4) is 0 Å². The highest BCUT2D eigenvalue weighted by atomic mass is 35.5. The van der Waals surface area contributed by atoms with Gasteiger partial charge in [0.2, 0.25) is 5.91 Å². The van der Waals surface area contributed by atoms with Crippen molar-refractivity contribution >= 4 is 17.5 Å². The van der Waals surface area contributed by atoms with Gasteiger partial charge in [-0.15, -0.1) is 0 Å². The summed E-state index contributed by atoms with van der Waals surface area (Å²) in [4.78, 5) is 12.3. The molecule has 3 rings (SSSR count). The summed E-state index contributed by atoms with van der Waals surface area (Å²) in [6.07, 6.45) is 1.85. The fourth-order valence-electron chi connectivity index (χ4n) is 3.22. The number of halogens is 1. The van der Waals surface area contributed by atoms with E-state index in [1.807, 2.05) is 44.2 Å². The van der Waals surface area contributed by atoms with Crippen LogP contribution < -0.4 is 14.8 Å². The predicted octanol–water partition coefficient (Wildman–Crippen LogP) is 4.76. The van der Waals surface area contributed by atoms with Gasteiger partial charge in [-0.2, -0.15) is 0 Å². The molecule has 0 fully saturated rings. The molecule has 2 aromatic carbocycles. The highest BCUT2D eigenvalue weighted by molar-refractivity contribution is 6.30. The number of benzene rings is 2. The van der Waals surface area contributed by atoms with Crippen molar-refractivity contribution in [3.8, 4) is 11.5 Å². The first kappa shape index (κ1) is 18.6. The Hall–Kier alpha value is -2.20. The Morgan fingerprint density at radius 1 is 1.27 bits per heavy atom. The zero-order chi connectivity index (χ0) is 18.5. The number of amides is 1. The van der Waals surface area contributed by atoms with Gasteiger partial charge in [-0.25, -0.2) is 0 Å². The lowest BCUT2D eigenvalue weighted by atomic mass is 10.0. The number of aryl methyl sites for hydroxylation is 2. The molecule has 0 spiro atoms. The van der Waals surface area contributed by atoms with Crippen molar-refractivity contribution in [3.05, 3.63) is 58.1 Å². The van der Waals surface area contributed by atoms with Gasteiger partial charge in [-0.05, 0) is 49.6 Å². The molecule has 0 aliphatic carbocycles. The van der Waals surface area contributed by atoms with E-state index in [-0.39, 0.29) is 11.9 Å². The number of carbonyl (C=O) groups excluding carboxylic acids is 1. The minimum Gasteiger partial charge on any atom is -0.493 e. The molecule has 1 amide bonds. The maximum Gasteiger partial charge on any atom is 0.220 e. The van der Waals surface area contributed by atoms with Crippen LogP contribution in [0.1, 0.15) is 42.0 Å². The Morgan fingerprint density at radius 2 is 2.04 bits per heavy atom. The molecular formula is C21H24ClNO3. The molecule has 0 aromatic heterocycles. The average molecular weight is 374 g/mol. The number of para-hydroxylation sites is 1. The molecule has 1 N–H and O–H groups in total. The minimum atomic E-state index is -0.0514. The van der Waals surface area contributed by atoms with Crippen molar-refractivity contribution in [1.82, 2.24) is 5.32 Å². The van der Waals surface area contributed by atoms with Gasteiger partial charge in [0.05, 0.1) is 19.3 Å². The zero-order valence-corrected chi connectivity index (χ0v) is 15.9. The van der Waals surface area contributed by atoms with E-state index in [4.69, 9.17) is 21.1 Å². The molecule has 4 nitrogen and oxygen atoms in total. The summed E-state index contributed by atoms with van der Waals surface area (Å²) < 4.78 is 11.5. The van der Waals surface area contributed by atoms with E-state index in [9.17, 15) is 4.79 Å². The third-order valence-electron chi connectivity index (χ3n) is 4.55. The summed E-state index contributed by atoms with van der Waals surface area (Å²) in [7, 11) is 0. The molecule has 0 saturated heterocycles. The minimum absolute atomic E-state index is 0.0212. The fraction of sp³-hybridized carbons (Fsp3) is 0.381. The molecule has 5 heteroatoms. The van der Waals surface area contributed by atoms with Gasteiger partial charge in [-0.3, -0.25) is 4.79 Å². The first-order valence-electron chi connectivity index (χ1n) is 8.95. The number of nitrogens with one attached hydrogen (secondary N) is 1. The van der Waals surface area contributed by atoms with Crippen LogP contribution in [-0.2, 0) is 4.79 Å². The first-order valence-corrected chi connectivity index (χ1v) is 9.33. The van der Waals surface area contributed by atoms with Gasteiger partial charge in [0.25, 0.3) is 0 Å². The first-order chi connectivity index (χ1) is 12.5. The van der Waals surface area contributed by atoms with Gasteiger partial charge in [0, 0.05) is 23.4 Å². The van der Waals surface area contributed by atoms with Gasteiger partial charge >= 0.3 is 0 Å². The molecule has 2 aromatic rings. The SMILES string of the molecule is Cc1cccc(C)c1OCCCC(=O)NC1CCOc2ccc(Cl)cc21. The van der Waals surface area contributed by atoms with Crippen molar-refractivity contribution < 1.29 is 14.3 Å². The predicted molar refractivity (Wildman–Crippen MR) is 103 cm³/mol. The summed E-state index contributed by atoms with van der Waals surface area (Å²) in [6, 6.07) is 11.5. The quantitative estimate of drug-likeness (QED) is 0.743. The maximum atomic E-state index is 12.3. The molecule has 1 aliphatic heterocycles. The Morgan fingerprint density at radius 3 is 2.81 bits per heavy atom. The van der Waals surface area contributed by atoms with Crippen LogP contribution in [0.15, 0.2) is 36.4 Å². The van der Waals surface area contributed by atoms with E-state index in [1.165, 1.54) is 0 Å². The summed E-state index contributed by atoms with van der Waals surface area (Å²) in [5.41, 5.74) is 3.18. The third-order valence-corrected chi connectivity index (χ3v) is 4.78. The maximum absolute atomic E-state index is 12.3. The van der Waals surface area contributed by atoms with Crippen LogP contribution >= 0.6 is 11.6 Å². The fourth-order valence-corrected chi connectivity index (χ4v) is 3.40. The Balaban J connectivity index is 1.49. The van der Waals surface area contributed by atoms with Crippen molar-refractivity contribution in [1.29, 1.82) is 0 Å². The molecule has 26 heavy (non-hydrogen) atoms. The Bertz CT molecular complexity index is 771. The second-order valence-corrected chi connectivity index (χ2v) is 7.05. The number of hydrogen-bond donors (Lipinski definition) is 1. The largest absolute Gasteiger partial charge is 0.493 e. The van der Waals surface area contributed by atoms with Crippen LogP contribution in [0.4, 0.5) is 0 Å². The van der Waals surface area contributed by atoms with E-state index >= 15 is 0 Å². The topological polar surface area (TPSA) is 47.6 Å². The summed E-state index contributed by atoms with van der Waals surface area (Å²) in [5, 5.41) is 3.74. The van der Waals surface area contributed by atoms with Crippen molar-refractivity contribution in [2.45, 2.75) is 39.2 Å². The molecule has 0 bridgehead atoms. The van der Waals surface area contributed by atoms with Gasteiger partial charge < -0.3 is 14.8 Å². The smallest absolute Gasteiger partial charge is 0.220 e. The number of carbonyl (C=O) groups is 1. The Labute approximate surface area is 159 Å². The zero-order valence-electron chi connectivity index (χ0n) is 15.2. The number of rotatable bonds is 6. The second-order valence-electron chi connectivity index (χ2n) is 6.61. The molecular weight excluding hydrogens is 350 g/mol. The third kappa shape index (κ3) is 4.50. The van der Waals surface area contributed by atoms with E-state index < -0.39 is 0 Å². The number of ether oxygens (including phenoxy) is 2. The normalized spacial score (nSPS) is 15.7. The van der Waals surface area contributed by atoms with Crippen LogP contribution in [0.2, 0.25) is 5.02 Å². The molecule has 1 heterocycles. The number of fused-ring (bicyclic) bond motifs is 1. The molecule has 1 atom stereocenters. The molecule has 0 radical (unpaired) electrons. The number of hydrogen-bond acceptors (Lipinski definition) is 3. The van der Waals surface area contributed by atoms with Gasteiger partial charge in [0.15, 0.2) is 0 Å². The van der Waals surface area contributed by atoms with Crippen LogP contribution in [0.25, 0.3) is 0 Å². The lowest BCUT2D eigenvalue weighted by Crippen LogP contribution is -2.32. The molecule has 1 aliphatic rings. The van der Waals surface area contributed by atoms with Crippen LogP contribution in [0.5, 0.6) is 11.5 Å². The van der Waals surface area contributed by atoms with E-state index in [0.717, 1.165) is 34.6 Å². The van der Waals surface area contributed by atoms with Crippen molar-refractivity contribution in [3.63, 3.8) is 0 Å². The van der Waals surface area contributed by atoms with Crippen LogP contribution in [0, 0.1) is 13.8 Å². The van der Waals surface area contributed by atoms with E-state index in [1.54, 1.807) is 6.07 Å². The van der Waals surface area contributed by atoms with Crippen molar-refractivity contribution in [2.24, 2.45) is 0 Å². The molecule has 138 valence electrons. The monoisotopic (exact) mass is 373 g/mol. The van der Waals surface area contributed by atoms with Gasteiger partial charge in [0.1, 0.15) is 11.5 Å². The summed E-state index contributed by atoms with van der Waals surface area (Å²) in [5.74, 6) is 1.73. The van der Waals surface area contributed by atoms with Gasteiger partial charge in [-0.1, -0.05) is 29.8 Å². The summed E-state index contributed by atoms with van der Waals surface area (Å²) >= 11 is 6.08. The second kappa shape index (κ2) is 8.45. The standard InChI is InChI=1S/C21H24ClNO3/c1-14-5-3-6-15(2)21(14)26-11-4-7-20(24)23-18-10-12-25-19-9-8-16(22)13-17(18)19/h3,5-6,8-9,13,18H,4,7,10-12H2,1-2H3,(H,23,24). The lowest BCUT2D eigenvalue weighted by Gasteiger charge is -2.27. The Kier molecular flexibility index (Phi) is 6.04. The van der Waals surface area contributed by atoms with Crippen LogP contribution in [-0.4, -0.2) is 19.1 Å². The lowest BCUT2D eigenvalue weighted by molar-refractivity contribution is -0.122. The molecule has 0 saturated carbocycles.